The van der Waals surface area contributed by atoms with Crippen molar-refractivity contribution < 1.29 is 9.84 Å². The Balaban J connectivity index is 1.86. The van der Waals surface area contributed by atoms with Gasteiger partial charge in [-0.1, -0.05) is 41.6 Å². The highest BCUT2D eigenvalue weighted by Crippen LogP contribution is 2.19. The molecule has 1 aromatic carbocycles. The van der Waals surface area contributed by atoms with Crippen molar-refractivity contribution in [3.63, 3.8) is 0 Å². The van der Waals surface area contributed by atoms with Gasteiger partial charge in [-0.2, -0.15) is 0 Å². The SMILES string of the molecule is OCC#Cc1ccc(COCc2ccccc2Cl)s1. The van der Waals surface area contributed by atoms with Gasteiger partial charge in [-0.25, -0.2) is 0 Å². The van der Waals surface area contributed by atoms with Crippen molar-refractivity contribution in [2.75, 3.05) is 6.61 Å². The molecule has 2 rings (SSSR count). The predicted octanol–water partition coefficient (Wildman–Crippen LogP) is 3.46. The van der Waals surface area contributed by atoms with Gasteiger partial charge in [0.2, 0.25) is 0 Å². The van der Waals surface area contributed by atoms with E-state index in [4.69, 9.17) is 21.4 Å². The van der Waals surface area contributed by atoms with E-state index in [0.29, 0.717) is 13.2 Å². The van der Waals surface area contributed by atoms with Crippen LogP contribution in [-0.4, -0.2) is 11.7 Å². The van der Waals surface area contributed by atoms with E-state index in [-0.39, 0.29) is 6.61 Å². The number of ether oxygens (including phenoxy) is 1. The Bertz CT molecular complexity index is 595. The van der Waals surface area contributed by atoms with Gasteiger partial charge in [0, 0.05) is 9.90 Å². The summed E-state index contributed by atoms with van der Waals surface area (Å²) in [5, 5.41) is 9.35. The lowest BCUT2D eigenvalue weighted by atomic mass is 10.2. The van der Waals surface area contributed by atoms with Crippen LogP contribution in [0.5, 0.6) is 0 Å². The molecule has 1 heterocycles. The minimum Gasteiger partial charge on any atom is -0.384 e. The van der Waals surface area contributed by atoms with Gasteiger partial charge >= 0.3 is 0 Å². The van der Waals surface area contributed by atoms with Gasteiger partial charge in [0.25, 0.3) is 0 Å². The molecule has 4 heteroatoms. The number of hydrogen-bond donors (Lipinski definition) is 1. The van der Waals surface area contributed by atoms with E-state index in [9.17, 15) is 0 Å². The Morgan fingerprint density at radius 3 is 2.79 bits per heavy atom. The zero-order valence-electron chi connectivity index (χ0n) is 10.2. The third-order valence-corrected chi connectivity index (χ3v) is 3.75. The maximum atomic E-state index is 8.62. The molecule has 0 unspecified atom stereocenters. The van der Waals surface area contributed by atoms with Crippen LogP contribution in [0.2, 0.25) is 5.02 Å². The molecule has 2 nitrogen and oxygen atoms in total. The molecule has 0 amide bonds. The average molecular weight is 293 g/mol. The largest absolute Gasteiger partial charge is 0.384 e. The summed E-state index contributed by atoms with van der Waals surface area (Å²) in [5.74, 6) is 5.50. The summed E-state index contributed by atoms with van der Waals surface area (Å²) in [6, 6.07) is 11.6. The highest BCUT2D eigenvalue weighted by molar-refractivity contribution is 7.12. The second-order valence-electron chi connectivity index (χ2n) is 3.81. The van der Waals surface area contributed by atoms with E-state index in [2.05, 4.69) is 11.8 Å². The highest BCUT2D eigenvalue weighted by Gasteiger charge is 2.01. The van der Waals surface area contributed by atoms with E-state index in [1.54, 1.807) is 11.3 Å². The van der Waals surface area contributed by atoms with Gasteiger partial charge < -0.3 is 9.84 Å². The first-order valence-corrected chi connectivity index (χ1v) is 6.98. The van der Waals surface area contributed by atoms with Crippen LogP contribution in [0, 0.1) is 11.8 Å². The number of hydrogen-bond acceptors (Lipinski definition) is 3. The number of rotatable bonds is 4. The second-order valence-corrected chi connectivity index (χ2v) is 5.39. The van der Waals surface area contributed by atoms with Gasteiger partial charge in [-0.15, -0.1) is 11.3 Å². The lowest BCUT2D eigenvalue weighted by Crippen LogP contribution is -1.92. The lowest BCUT2D eigenvalue weighted by Gasteiger charge is -2.04. The molecule has 2 aromatic rings. The summed E-state index contributed by atoms with van der Waals surface area (Å²) in [6.07, 6.45) is 0. The maximum absolute atomic E-state index is 8.62. The predicted molar refractivity (Wildman–Crippen MR) is 78.2 cm³/mol. The van der Waals surface area contributed by atoms with Crippen LogP contribution < -0.4 is 0 Å². The van der Waals surface area contributed by atoms with E-state index in [1.165, 1.54) is 0 Å². The molecule has 1 N–H and O–H groups in total. The lowest BCUT2D eigenvalue weighted by molar-refractivity contribution is 0.109. The molecule has 0 aliphatic carbocycles. The van der Waals surface area contributed by atoms with Crippen LogP contribution in [0.3, 0.4) is 0 Å². The van der Waals surface area contributed by atoms with Gasteiger partial charge in [-0.3, -0.25) is 0 Å². The van der Waals surface area contributed by atoms with Crippen molar-refractivity contribution in [3.8, 4) is 11.8 Å². The van der Waals surface area contributed by atoms with Gasteiger partial charge in [-0.05, 0) is 23.8 Å². The first kappa shape index (κ1) is 14.1. The maximum Gasteiger partial charge on any atom is 0.104 e. The Morgan fingerprint density at radius 1 is 1.16 bits per heavy atom. The molecule has 0 fully saturated rings. The van der Waals surface area contributed by atoms with Crippen LogP contribution >= 0.6 is 22.9 Å². The number of thiophene rings is 1. The summed E-state index contributed by atoms with van der Waals surface area (Å²) >= 11 is 7.62. The number of aliphatic hydroxyl groups excluding tert-OH is 1. The van der Waals surface area contributed by atoms with Crippen molar-refractivity contribution in [3.05, 3.63) is 56.7 Å². The Kier molecular flexibility index (Phi) is 5.44. The normalized spacial score (nSPS) is 10.0. The molecule has 98 valence electrons. The third-order valence-electron chi connectivity index (χ3n) is 2.41. The fraction of sp³-hybridized carbons (Fsp3) is 0.200. The van der Waals surface area contributed by atoms with Gasteiger partial charge in [0.05, 0.1) is 18.1 Å². The van der Waals surface area contributed by atoms with Crippen molar-refractivity contribution in [2.45, 2.75) is 13.2 Å². The molecule has 0 radical (unpaired) electrons. The molecule has 0 aliphatic heterocycles. The van der Waals surface area contributed by atoms with E-state index in [0.717, 1.165) is 20.3 Å². The summed E-state index contributed by atoms with van der Waals surface area (Å²) in [5.41, 5.74) is 0.987. The minimum atomic E-state index is -0.115. The molecule has 0 aliphatic rings. The van der Waals surface area contributed by atoms with E-state index in [1.807, 2.05) is 36.4 Å². The number of halogens is 1. The number of aliphatic hydroxyl groups is 1. The van der Waals surface area contributed by atoms with E-state index >= 15 is 0 Å². The summed E-state index contributed by atoms with van der Waals surface area (Å²) in [4.78, 5) is 2.04. The van der Waals surface area contributed by atoms with Crippen molar-refractivity contribution in [1.29, 1.82) is 0 Å². The zero-order chi connectivity index (χ0) is 13.5. The average Bonchev–Trinajstić information content (AvgIpc) is 2.86. The molecule has 0 bridgehead atoms. The first-order valence-electron chi connectivity index (χ1n) is 5.79. The Morgan fingerprint density at radius 2 is 2.00 bits per heavy atom. The zero-order valence-corrected chi connectivity index (χ0v) is 11.8. The molecule has 0 saturated heterocycles. The van der Waals surface area contributed by atoms with Crippen LogP contribution in [0.15, 0.2) is 36.4 Å². The standard InChI is InChI=1S/C15H13ClO2S/c16-15-6-2-1-4-12(15)10-18-11-14-8-7-13(19-14)5-3-9-17/h1-2,4,6-8,17H,9-11H2. The van der Waals surface area contributed by atoms with Crippen molar-refractivity contribution in [2.24, 2.45) is 0 Å². The highest BCUT2D eigenvalue weighted by atomic mass is 35.5. The summed E-state index contributed by atoms with van der Waals surface area (Å²) in [6.45, 7) is 0.919. The van der Waals surface area contributed by atoms with Crippen molar-refractivity contribution >= 4 is 22.9 Å². The minimum absolute atomic E-state index is 0.115. The van der Waals surface area contributed by atoms with Crippen molar-refractivity contribution in [1.82, 2.24) is 0 Å². The molecule has 0 saturated carbocycles. The molecule has 1 aromatic heterocycles. The quantitative estimate of drug-likeness (QED) is 0.875. The van der Waals surface area contributed by atoms with Gasteiger partial charge in [0.15, 0.2) is 0 Å². The first-order chi connectivity index (χ1) is 9.29. The Hall–Kier alpha value is -1.31. The molecule has 0 spiro atoms. The molecule has 0 atom stereocenters. The Labute approximate surface area is 121 Å². The monoisotopic (exact) mass is 292 g/mol. The molecular weight excluding hydrogens is 280 g/mol. The second kappa shape index (κ2) is 7.32. The summed E-state index contributed by atoms with van der Waals surface area (Å²) in [7, 11) is 0. The van der Waals surface area contributed by atoms with Crippen LogP contribution in [0.25, 0.3) is 0 Å². The topological polar surface area (TPSA) is 29.5 Å². The van der Waals surface area contributed by atoms with Crippen LogP contribution in [0.1, 0.15) is 15.3 Å². The molecular formula is C15H13ClO2S. The van der Waals surface area contributed by atoms with Crippen LogP contribution in [0.4, 0.5) is 0 Å². The fourth-order valence-corrected chi connectivity index (χ4v) is 2.54. The van der Waals surface area contributed by atoms with Gasteiger partial charge in [0.1, 0.15) is 6.61 Å². The summed E-state index contributed by atoms with van der Waals surface area (Å²) < 4.78 is 5.63. The third kappa shape index (κ3) is 4.38. The van der Waals surface area contributed by atoms with Crippen LogP contribution in [-0.2, 0) is 18.0 Å². The van der Waals surface area contributed by atoms with E-state index < -0.39 is 0 Å². The molecule has 19 heavy (non-hydrogen) atoms. The fourth-order valence-electron chi connectivity index (χ4n) is 1.53. The number of benzene rings is 1. The smallest absolute Gasteiger partial charge is 0.104 e.